The van der Waals surface area contributed by atoms with Crippen molar-refractivity contribution in [2.24, 2.45) is 0 Å². The van der Waals surface area contributed by atoms with Crippen molar-refractivity contribution in [2.45, 2.75) is 32.2 Å². The van der Waals surface area contributed by atoms with Gasteiger partial charge >= 0.3 is 0 Å². The number of likely N-dealkylation sites (tertiary alicyclic amines) is 1. The van der Waals surface area contributed by atoms with E-state index in [-0.39, 0.29) is 17.5 Å². The molecule has 1 N–H and O–H groups in total. The largest absolute Gasteiger partial charge is 0.376 e. The van der Waals surface area contributed by atoms with Gasteiger partial charge in [-0.2, -0.15) is 5.26 Å². The average molecular weight is 283 g/mol. The number of piperidine rings is 1. The van der Waals surface area contributed by atoms with Gasteiger partial charge in [-0.1, -0.05) is 30.3 Å². The SMILES string of the molecule is CC(NC(=O)/C(C#N)=C\N1CCCCC1)c1ccccc1. The number of amides is 1. The van der Waals surface area contributed by atoms with E-state index in [2.05, 4.69) is 10.2 Å². The highest BCUT2D eigenvalue weighted by atomic mass is 16.1. The van der Waals surface area contributed by atoms with E-state index in [9.17, 15) is 10.1 Å². The standard InChI is InChI=1S/C17H21N3O/c1-14(15-8-4-2-5-9-15)19-17(21)16(12-18)13-20-10-6-3-7-11-20/h2,4-5,8-9,13-14H,3,6-7,10-11H2,1H3,(H,19,21)/b16-13-. The summed E-state index contributed by atoms with van der Waals surface area (Å²) in [5.74, 6) is -0.306. The van der Waals surface area contributed by atoms with Crippen molar-refractivity contribution in [1.82, 2.24) is 10.2 Å². The maximum Gasteiger partial charge on any atom is 0.263 e. The van der Waals surface area contributed by atoms with Crippen molar-refractivity contribution < 1.29 is 4.79 Å². The van der Waals surface area contributed by atoms with Crippen molar-refractivity contribution in [3.8, 4) is 6.07 Å². The first-order valence-corrected chi connectivity index (χ1v) is 7.42. The average Bonchev–Trinajstić information content (AvgIpc) is 2.54. The van der Waals surface area contributed by atoms with Crippen LogP contribution in [-0.4, -0.2) is 23.9 Å². The molecule has 2 rings (SSSR count). The molecule has 110 valence electrons. The molecule has 4 heteroatoms. The molecule has 1 fully saturated rings. The van der Waals surface area contributed by atoms with Gasteiger partial charge in [-0.25, -0.2) is 0 Å². The van der Waals surface area contributed by atoms with Gasteiger partial charge < -0.3 is 10.2 Å². The van der Waals surface area contributed by atoms with Crippen LogP contribution in [-0.2, 0) is 4.79 Å². The van der Waals surface area contributed by atoms with E-state index in [4.69, 9.17) is 0 Å². The lowest BCUT2D eigenvalue weighted by atomic mass is 10.1. The Hall–Kier alpha value is -2.28. The molecule has 0 radical (unpaired) electrons. The Kier molecular flexibility index (Phi) is 5.39. The molecule has 1 aromatic rings. The van der Waals surface area contributed by atoms with Crippen LogP contribution in [0, 0.1) is 11.3 Å². The Labute approximate surface area is 126 Å². The number of nitrogens with one attached hydrogen (secondary N) is 1. The third kappa shape index (κ3) is 4.35. The molecule has 1 saturated heterocycles. The summed E-state index contributed by atoms with van der Waals surface area (Å²) in [4.78, 5) is 14.3. The highest BCUT2D eigenvalue weighted by Gasteiger charge is 2.15. The van der Waals surface area contributed by atoms with Gasteiger partial charge in [0, 0.05) is 19.3 Å². The molecule has 21 heavy (non-hydrogen) atoms. The van der Waals surface area contributed by atoms with Crippen molar-refractivity contribution in [2.75, 3.05) is 13.1 Å². The molecule has 0 aliphatic carbocycles. The molecular weight excluding hydrogens is 262 g/mol. The van der Waals surface area contributed by atoms with E-state index < -0.39 is 0 Å². The lowest BCUT2D eigenvalue weighted by molar-refractivity contribution is -0.117. The third-order valence-corrected chi connectivity index (χ3v) is 3.71. The lowest BCUT2D eigenvalue weighted by Crippen LogP contribution is -2.30. The van der Waals surface area contributed by atoms with Gasteiger partial charge in [0.2, 0.25) is 0 Å². The van der Waals surface area contributed by atoms with E-state index in [1.54, 1.807) is 6.20 Å². The van der Waals surface area contributed by atoms with Gasteiger partial charge in [-0.3, -0.25) is 4.79 Å². The minimum Gasteiger partial charge on any atom is -0.376 e. The van der Waals surface area contributed by atoms with Crippen molar-refractivity contribution in [1.29, 1.82) is 5.26 Å². The quantitative estimate of drug-likeness (QED) is 0.683. The highest BCUT2D eigenvalue weighted by molar-refractivity contribution is 5.97. The molecule has 0 saturated carbocycles. The smallest absolute Gasteiger partial charge is 0.263 e. The normalized spacial score (nSPS) is 17.0. The van der Waals surface area contributed by atoms with Crippen molar-refractivity contribution in [3.63, 3.8) is 0 Å². The van der Waals surface area contributed by atoms with Crippen LogP contribution in [0.15, 0.2) is 42.1 Å². The zero-order valence-electron chi connectivity index (χ0n) is 12.4. The monoisotopic (exact) mass is 283 g/mol. The second-order valence-electron chi connectivity index (χ2n) is 5.36. The number of carbonyl (C=O) groups excluding carboxylic acids is 1. The Morgan fingerprint density at radius 2 is 1.95 bits per heavy atom. The number of hydrogen-bond acceptors (Lipinski definition) is 3. The second kappa shape index (κ2) is 7.49. The van der Waals surface area contributed by atoms with Gasteiger partial charge in [0.1, 0.15) is 11.6 Å². The molecule has 1 aliphatic rings. The summed E-state index contributed by atoms with van der Waals surface area (Å²) in [5.41, 5.74) is 1.21. The molecule has 0 bridgehead atoms. The van der Waals surface area contributed by atoms with Crippen LogP contribution in [0.4, 0.5) is 0 Å². The number of nitrogens with zero attached hydrogens (tertiary/aromatic N) is 2. The van der Waals surface area contributed by atoms with Gasteiger partial charge in [0.25, 0.3) is 5.91 Å². The van der Waals surface area contributed by atoms with Crippen LogP contribution in [0.2, 0.25) is 0 Å². The van der Waals surface area contributed by atoms with Crippen LogP contribution >= 0.6 is 0 Å². The minimum absolute atomic E-state index is 0.114. The summed E-state index contributed by atoms with van der Waals surface area (Å²) in [6, 6.07) is 11.6. The molecular formula is C17H21N3O. The van der Waals surface area contributed by atoms with Gasteiger partial charge in [-0.15, -0.1) is 0 Å². The Morgan fingerprint density at radius 1 is 1.29 bits per heavy atom. The van der Waals surface area contributed by atoms with E-state index in [1.165, 1.54) is 6.42 Å². The fourth-order valence-electron chi connectivity index (χ4n) is 2.47. The molecule has 4 nitrogen and oxygen atoms in total. The van der Waals surface area contributed by atoms with E-state index in [0.29, 0.717) is 0 Å². The topological polar surface area (TPSA) is 56.1 Å². The van der Waals surface area contributed by atoms with Gasteiger partial charge in [0.05, 0.1) is 6.04 Å². The fraction of sp³-hybridized carbons (Fsp3) is 0.412. The van der Waals surface area contributed by atoms with E-state index in [1.807, 2.05) is 43.3 Å². The number of rotatable bonds is 4. The summed E-state index contributed by atoms with van der Waals surface area (Å²) in [5, 5.41) is 12.1. The van der Waals surface area contributed by atoms with Crippen molar-refractivity contribution in [3.05, 3.63) is 47.7 Å². The predicted molar refractivity (Wildman–Crippen MR) is 82.1 cm³/mol. The molecule has 0 aromatic heterocycles. The predicted octanol–water partition coefficient (Wildman–Crippen LogP) is 2.76. The lowest BCUT2D eigenvalue weighted by Gasteiger charge is -2.25. The first-order valence-electron chi connectivity index (χ1n) is 7.42. The van der Waals surface area contributed by atoms with Crippen LogP contribution in [0.3, 0.4) is 0 Å². The summed E-state index contributed by atoms with van der Waals surface area (Å²) in [6.07, 6.45) is 5.17. The van der Waals surface area contributed by atoms with Crippen LogP contribution < -0.4 is 5.32 Å². The molecule has 1 amide bonds. The molecule has 1 heterocycles. The number of benzene rings is 1. The summed E-state index contributed by atoms with van der Waals surface area (Å²) < 4.78 is 0. The molecule has 1 unspecified atom stereocenters. The Bertz CT molecular complexity index is 539. The van der Waals surface area contributed by atoms with Gasteiger partial charge in [-0.05, 0) is 31.7 Å². The maximum absolute atomic E-state index is 12.2. The summed E-state index contributed by atoms with van der Waals surface area (Å²) in [6.45, 7) is 3.77. The minimum atomic E-state index is -0.306. The van der Waals surface area contributed by atoms with Crippen LogP contribution in [0.5, 0.6) is 0 Å². The Morgan fingerprint density at radius 3 is 2.57 bits per heavy atom. The third-order valence-electron chi connectivity index (χ3n) is 3.71. The summed E-state index contributed by atoms with van der Waals surface area (Å²) in [7, 11) is 0. The van der Waals surface area contributed by atoms with E-state index >= 15 is 0 Å². The molecule has 1 aliphatic heterocycles. The highest BCUT2D eigenvalue weighted by Crippen LogP contribution is 2.13. The van der Waals surface area contributed by atoms with Crippen LogP contribution in [0.1, 0.15) is 37.8 Å². The molecule has 0 spiro atoms. The number of hydrogen-bond donors (Lipinski definition) is 1. The number of nitriles is 1. The maximum atomic E-state index is 12.2. The Balaban J connectivity index is 2.00. The number of carbonyl (C=O) groups is 1. The molecule has 1 aromatic carbocycles. The van der Waals surface area contributed by atoms with Gasteiger partial charge in [0.15, 0.2) is 0 Å². The van der Waals surface area contributed by atoms with Crippen LogP contribution in [0.25, 0.3) is 0 Å². The first kappa shape index (κ1) is 15.1. The van der Waals surface area contributed by atoms with E-state index in [0.717, 1.165) is 31.5 Å². The zero-order valence-corrected chi connectivity index (χ0v) is 12.4. The first-order chi connectivity index (χ1) is 10.2. The fourth-order valence-corrected chi connectivity index (χ4v) is 2.47. The molecule has 1 atom stereocenters. The zero-order chi connectivity index (χ0) is 15.1. The summed E-state index contributed by atoms with van der Waals surface area (Å²) >= 11 is 0. The van der Waals surface area contributed by atoms with Crippen molar-refractivity contribution >= 4 is 5.91 Å². The second-order valence-corrected chi connectivity index (χ2v) is 5.36.